The largest absolute Gasteiger partial charge is 0.383 e. The van der Waals surface area contributed by atoms with Crippen LogP contribution >= 0.6 is 0 Å². The maximum Gasteiger partial charge on any atom is 0.181 e. The molecule has 0 rings (SSSR count). The molecule has 0 aliphatic carbocycles. The maximum atomic E-state index is 11.0. The van der Waals surface area contributed by atoms with Gasteiger partial charge < -0.3 is 9.80 Å². The lowest BCUT2D eigenvalue weighted by molar-refractivity contribution is -0.110. The average Bonchev–Trinajstić information content (AvgIpc) is 1.96. The van der Waals surface area contributed by atoms with Crippen LogP contribution in [0.3, 0.4) is 0 Å². The molecule has 0 N–H and O–H groups in total. The van der Waals surface area contributed by atoms with Crippen LogP contribution in [0.5, 0.6) is 0 Å². The molecular formula is C9H16N2O. The van der Waals surface area contributed by atoms with E-state index in [0.29, 0.717) is 0 Å². The normalized spacial score (nSPS) is 11.0. The van der Waals surface area contributed by atoms with E-state index in [-0.39, 0.29) is 5.78 Å². The van der Waals surface area contributed by atoms with Crippen molar-refractivity contribution in [3.8, 4) is 0 Å². The number of hydrogen-bond acceptors (Lipinski definition) is 3. The van der Waals surface area contributed by atoms with Crippen LogP contribution in [0.2, 0.25) is 0 Å². The minimum atomic E-state index is -0.00241. The predicted octanol–water partition coefficient (Wildman–Crippen LogP) is 0.706. The van der Waals surface area contributed by atoms with Crippen LogP contribution in [0.1, 0.15) is 0 Å². The lowest BCUT2D eigenvalue weighted by atomic mass is 10.3. The van der Waals surface area contributed by atoms with Crippen molar-refractivity contribution in [2.45, 2.75) is 0 Å². The van der Waals surface area contributed by atoms with Crippen molar-refractivity contribution < 1.29 is 4.79 Å². The molecule has 0 saturated carbocycles. The molecule has 0 radical (unpaired) electrons. The summed E-state index contributed by atoms with van der Waals surface area (Å²) < 4.78 is 0. The number of ketones is 1. The van der Waals surface area contributed by atoms with Gasteiger partial charge in [-0.1, -0.05) is 0 Å². The third kappa shape index (κ3) is 6.86. The van der Waals surface area contributed by atoms with Crippen molar-refractivity contribution in [1.29, 1.82) is 0 Å². The van der Waals surface area contributed by atoms with Crippen molar-refractivity contribution in [2.24, 2.45) is 0 Å². The zero-order valence-electron chi connectivity index (χ0n) is 8.11. The van der Waals surface area contributed by atoms with Crippen molar-refractivity contribution in [2.75, 3.05) is 28.2 Å². The molecule has 0 aromatic heterocycles. The van der Waals surface area contributed by atoms with E-state index < -0.39 is 0 Å². The van der Waals surface area contributed by atoms with E-state index in [1.54, 1.807) is 12.4 Å². The summed E-state index contributed by atoms with van der Waals surface area (Å²) in [6.45, 7) is 0. The lowest BCUT2D eigenvalue weighted by Crippen LogP contribution is -2.03. The monoisotopic (exact) mass is 168 g/mol. The SMILES string of the molecule is CN(C)/C=C/C(=O)/C=C/N(C)C. The zero-order chi connectivity index (χ0) is 9.56. The molecule has 0 unspecified atom stereocenters. The summed E-state index contributed by atoms with van der Waals surface area (Å²) in [4.78, 5) is 14.7. The first-order valence-electron chi connectivity index (χ1n) is 3.75. The highest BCUT2D eigenvalue weighted by Crippen LogP contribution is 1.84. The second-order valence-electron chi connectivity index (χ2n) is 2.96. The van der Waals surface area contributed by atoms with Gasteiger partial charge in [-0.25, -0.2) is 0 Å². The molecule has 0 bridgehead atoms. The van der Waals surface area contributed by atoms with Gasteiger partial charge in [-0.05, 0) is 0 Å². The molecule has 0 heterocycles. The molecule has 0 aliphatic heterocycles. The van der Waals surface area contributed by atoms with Crippen molar-refractivity contribution >= 4 is 5.78 Å². The van der Waals surface area contributed by atoms with Gasteiger partial charge in [-0.2, -0.15) is 0 Å². The van der Waals surface area contributed by atoms with Gasteiger partial charge in [0.15, 0.2) is 5.78 Å². The fourth-order valence-electron chi connectivity index (χ4n) is 0.501. The maximum absolute atomic E-state index is 11.0. The Hall–Kier alpha value is -1.25. The highest BCUT2D eigenvalue weighted by atomic mass is 16.1. The predicted molar refractivity (Wildman–Crippen MR) is 50.7 cm³/mol. The standard InChI is InChI=1S/C9H16N2O/c1-10(2)7-5-9(12)6-8-11(3)4/h5-8H,1-4H3/b7-5+,8-6+. The Bertz CT molecular complexity index is 173. The van der Waals surface area contributed by atoms with Crippen LogP contribution in [0.25, 0.3) is 0 Å². The molecule has 0 aromatic rings. The minimum Gasteiger partial charge on any atom is -0.383 e. The molecule has 0 spiro atoms. The van der Waals surface area contributed by atoms with E-state index in [9.17, 15) is 4.79 Å². The Labute approximate surface area is 74.0 Å². The number of carbonyl (C=O) groups is 1. The summed E-state index contributed by atoms with van der Waals surface area (Å²) in [5, 5.41) is 0. The molecule has 0 aliphatic rings. The zero-order valence-corrected chi connectivity index (χ0v) is 8.11. The lowest BCUT2D eigenvalue weighted by Gasteiger charge is -2.02. The number of allylic oxidation sites excluding steroid dienone is 2. The van der Waals surface area contributed by atoms with E-state index in [1.165, 1.54) is 12.2 Å². The summed E-state index contributed by atoms with van der Waals surface area (Å²) in [6, 6.07) is 0. The van der Waals surface area contributed by atoms with Gasteiger partial charge in [0.05, 0.1) is 0 Å². The molecule has 0 aromatic carbocycles. The Kier molecular flexibility index (Phi) is 4.84. The molecule has 12 heavy (non-hydrogen) atoms. The van der Waals surface area contributed by atoms with Crippen LogP contribution < -0.4 is 0 Å². The number of nitrogens with zero attached hydrogens (tertiary/aromatic N) is 2. The first-order chi connectivity index (χ1) is 5.52. The summed E-state index contributed by atoms with van der Waals surface area (Å²) in [6.07, 6.45) is 6.50. The number of rotatable bonds is 4. The van der Waals surface area contributed by atoms with E-state index in [2.05, 4.69) is 0 Å². The van der Waals surface area contributed by atoms with Crippen LogP contribution in [0.4, 0.5) is 0 Å². The van der Waals surface area contributed by atoms with E-state index in [4.69, 9.17) is 0 Å². The summed E-state index contributed by atoms with van der Waals surface area (Å²) in [5.41, 5.74) is 0. The Balaban J connectivity index is 3.90. The van der Waals surface area contributed by atoms with Gasteiger partial charge in [0, 0.05) is 52.7 Å². The van der Waals surface area contributed by atoms with Gasteiger partial charge in [0.25, 0.3) is 0 Å². The molecule has 3 heteroatoms. The van der Waals surface area contributed by atoms with Crippen LogP contribution in [-0.2, 0) is 4.79 Å². The third-order valence-corrected chi connectivity index (χ3v) is 1.07. The van der Waals surface area contributed by atoms with E-state index in [0.717, 1.165) is 0 Å². The third-order valence-electron chi connectivity index (χ3n) is 1.07. The van der Waals surface area contributed by atoms with Gasteiger partial charge in [0.1, 0.15) is 0 Å². The Morgan fingerprint density at radius 3 is 1.50 bits per heavy atom. The van der Waals surface area contributed by atoms with Gasteiger partial charge >= 0.3 is 0 Å². The van der Waals surface area contributed by atoms with Crippen molar-refractivity contribution in [1.82, 2.24) is 9.80 Å². The van der Waals surface area contributed by atoms with Crippen LogP contribution in [0, 0.1) is 0 Å². The summed E-state index contributed by atoms with van der Waals surface area (Å²) in [7, 11) is 7.50. The molecule has 0 atom stereocenters. The van der Waals surface area contributed by atoms with E-state index in [1.807, 2.05) is 38.0 Å². The highest BCUT2D eigenvalue weighted by molar-refractivity contribution is 5.98. The Morgan fingerprint density at radius 1 is 0.917 bits per heavy atom. The number of hydrogen-bond donors (Lipinski definition) is 0. The van der Waals surface area contributed by atoms with Gasteiger partial charge in [-0.3, -0.25) is 4.79 Å². The molecular weight excluding hydrogens is 152 g/mol. The molecule has 0 amide bonds. The fourth-order valence-corrected chi connectivity index (χ4v) is 0.501. The quantitative estimate of drug-likeness (QED) is 0.577. The second kappa shape index (κ2) is 5.41. The highest BCUT2D eigenvalue weighted by Gasteiger charge is 1.87. The second-order valence-corrected chi connectivity index (χ2v) is 2.96. The first kappa shape index (κ1) is 10.8. The molecule has 0 fully saturated rings. The molecule has 68 valence electrons. The average molecular weight is 168 g/mol. The van der Waals surface area contributed by atoms with Gasteiger partial charge in [0.2, 0.25) is 0 Å². The van der Waals surface area contributed by atoms with Crippen LogP contribution in [0.15, 0.2) is 24.6 Å². The van der Waals surface area contributed by atoms with Crippen molar-refractivity contribution in [3.05, 3.63) is 24.6 Å². The number of carbonyl (C=O) groups excluding carboxylic acids is 1. The Morgan fingerprint density at radius 2 is 1.25 bits per heavy atom. The smallest absolute Gasteiger partial charge is 0.181 e. The van der Waals surface area contributed by atoms with Gasteiger partial charge in [-0.15, -0.1) is 0 Å². The fraction of sp³-hybridized carbons (Fsp3) is 0.444. The van der Waals surface area contributed by atoms with E-state index >= 15 is 0 Å². The summed E-state index contributed by atoms with van der Waals surface area (Å²) in [5.74, 6) is -0.00241. The molecule has 0 saturated heterocycles. The first-order valence-corrected chi connectivity index (χ1v) is 3.75. The topological polar surface area (TPSA) is 23.6 Å². The summed E-state index contributed by atoms with van der Waals surface area (Å²) >= 11 is 0. The van der Waals surface area contributed by atoms with Crippen molar-refractivity contribution in [3.63, 3.8) is 0 Å². The minimum absolute atomic E-state index is 0.00241. The van der Waals surface area contributed by atoms with Crippen LogP contribution in [-0.4, -0.2) is 43.8 Å². The molecule has 3 nitrogen and oxygen atoms in total.